The van der Waals surface area contributed by atoms with E-state index >= 15 is 0 Å². The van der Waals surface area contributed by atoms with Crippen molar-refractivity contribution in [1.29, 1.82) is 0 Å². The summed E-state index contributed by atoms with van der Waals surface area (Å²) in [6.45, 7) is 10.4. The third-order valence-corrected chi connectivity index (χ3v) is 8.82. The largest absolute Gasteiger partial charge is 0.493 e. The van der Waals surface area contributed by atoms with Crippen molar-refractivity contribution in [3.05, 3.63) is 83.0 Å². The van der Waals surface area contributed by atoms with E-state index < -0.39 is 5.97 Å². The lowest BCUT2D eigenvalue weighted by atomic mass is 10.1. The Morgan fingerprint density at radius 1 is 0.933 bits per heavy atom. The Hall–Kier alpha value is -3.29. The number of esters is 2. The van der Waals surface area contributed by atoms with E-state index in [1.165, 1.54) is 63.1 Å². The number of methoxy groups -OCH3 is 1. The molecule has 0 saturated carbocycles. The summed E-state index contributed by atoms with van der Waals surface area (Å²) in [5, 5.41) is 0. The molecule has 1 fully saturated rings. The highest BCUT2D eigenvalue weighted by atomic mass is 32.2. The maximum absolute atomic E-state index is 13.2. The topological polar surface area (TPSA) is 65.1 Å². The second-order valence-electron chi connectivity index (χ2n) is 11.6. The summed E-state index contributed by atoms with van der Waals surface area (Å²) in [5.41, 5.74) is 4.05. The molecule has 2 aromatic carbocycles. The fourth-order valence-electron chi connectivity index (χ4n) is 5.21. The minimum Gasteiger partial charge on any atom is -0.493 e. The Bertz CT molecular complexity index is 1310. The van der Waals surface area contributed by atoms with E-state index in [0.29, 0.717) is 23.7 Å². The van der Waals surface area contributed by atoms with Crippen LogP contribution in [0.1, 0.15) is 94.5 Å². The monoisotopic (exact) mass is 633 g/mol. The molecule has 0 bridgehead atoms. The standard InChI is InChI=1S/C38H51NO5S/c1-5-14-30(2)15-13-16-31(3)23-28-45-36-18-8-7-17-33(36)38(41)44-34-21-19-32(29-35(34)42-4)20-22-37(40)43-27-12-11-26-39-24-9-6-10-25-39/h7-8,15,17-23,29H,5-6,9-14,16,24-28H2,1-4H3/b22-20+,30-15+,31-23+. The van der Waals surface area contributed by atoms with Crippen LogP contribution in [-0.2, 0) is 9.53 Å². The van der Waals surface area contributed by atoms with E-state index in [2.05, 4.69) is 37.8 Å². The van der Waals surface area contributed by atoms with Crippen molar-refractivity contribution in [2.24, 2.45) is 0 Å². The van der Waals surface area contributed by atoms with Crippen molar-refractivity contribution in [3.8, 4) is 11.5 Å². The number of thioether (sulfide) groups is 1. The molecule has 45 heavy (non-hydrogen) atoms. The first-order valence-corrected chi connectivity index (χ1v) is 17.4. The van der Waals surface area contributed by atoms with Gasteiger partial charge in [0, 0.05) is 16.7 Å². The molecule has 7 heteroatoms. The van der Waals surface area contributed by atoms with E-state index in [0.717, 1.165) is 54.9 Å². The number of rotatable bonds is 18. The van der Waals surface area contributed by atoms with Crippen LogP contribution in [0.5, 0.6) is 11.5 Å². The minimum absolute atomic E-state index is 0.317. The quantitative estimate of drug-likeness (QED) is 0.0405. The Morgan fingerprint density at radius 3 is 2.49 bits per heavy atom. The van der Waals surface area contributed by atoms with Crippen molar-refractivity contribution < 1.29 is 23.8 Å². The normalized spacial score (nSPS) is 14.5. The van der Waals surface area contributed by atoms with Gasteiger partial charge in [-0.15, -0.1) is 11.8 Å². The fraction of sp³-hybridized carbons (Fsp3) is 0.474. The van der Waals surface area contributed by atoms with E-state index in [1.54, 1.807) is 42.1 Å². The zero-order valence-electron chi connectivity index (χ0n) is 27.6. The minimum atomic E-state index is -0.444. The van der Waals surface area contributed by atoms with Crippen LogP contribution >= 0.6 is 11.8 Å². The van der Waals surface area contributed by atoms with Crippen molar-refractivity contribution in [3.63, 3.8) is 0 Å². The molecule has 1 aliphatic rings. The molecule has 0 amide bonds. The molecule has 0 spiro atoms. The maximum Gasteiger partial charge on any atom is 0.344 e. The number of unbranched alkanes of at least 4 members (excludes halogenated alkanes) is 1. The van der Waals surface area contributed by atoms with E-state index in [-0.39, 0.29) is 5.97 Å². The second-order valence-corrected chi connectivity index (χ2v) is 12.7. The Balaban J connectivity index is 1.49. The van der Waals surface area contributed by atoms with Crippen LogP contribution in [0.25, 0.3) is 6.08 Å². The molecule has 2 aromatic rings. The van der Waals surface area contributed by atoms with Gasteiger partial charge in [0.25, 0.3) is 0 Å². The molecule has 1 heterocycles. The van der Waals surface area contributed by atoms with Gasteiger partial charge in [-0.3, -0.25) is 0 Å². The first kappa shape index (κ1) is 36.2. The number of benzene rings is 2. The third-order valence-electron chi connectivity index (χ3n) is 7.82. The Morgan fingerprint density at radius 2 is 1.71 bits per heavy atom. The molecule has 0 unspecified atom stereocenters. The van der Waals surface area contributed by atoms with Crippen LogP contribution in [0, 0.1) is 0 Å². The lowest BCUT2D eigenvalue weighted by Gasteiger charge is -2.26. The highest BCUT2D eigenvalue weighted by Gasteiger charge is 2.16. The number of hydrogen-bond donors (Lipinski definition) is 0. The molecule has 0 N–H and O–H groups in total. The highest BCUT2D eigenvalue weighted by Crippen LogP contribution is 2.31. The number of carbonyl (C=O) groups is 2. The predicted molar refractivity (Wildman–Crippen MR) is 186 cm³/mol. The van der Waals surface area contributed by atoms with Gasteiger partial charge in [-0.2, -0.15) is 0 Å². The number of carbonyl (C=O) groups excluding carboxylic acids is 2. The van der Waals surface area contributed by atoms with Gasteiger partial charge in [-0.25, -0.2) is 9.59 Å². The lowest BCUT2D eigenvalue weighted by molar-refractivity contribution is -0.137. The summed E-state index contributed by atoms with van der Waals surface area (Å²) in [6.07, 6.45) is 17.9. The zero-order chi connectivity index (χ0) is 32.3. The lowest BCUT2D eigenvalue weighted by Crippen LogP contribution is -2.30. The molecule has 6 nitrogen and oxygen atoms in total. The zero-order valence-corrected chi connectivity index (χ0v) is 28.5. The van der Waals surface area contributed by atoms with Gasteiger partial charge in [0.1, 0.15) is 0 Å². The average Bonchev–Trinajstić information content (AvgIpc) is 3.05. The molecule has 3 rings (SSSR count). The van der Waals surface area contributed by atoms with E-state index in [9.17, 15) is 9.59 Å². The van der Waals surface area contributed by atoms with Crippen LogP contribution < -0.4 is 9.47 Å². The van der Waals surface area contributed by atoms with Crippen molar-refractivity contribution in [1.82, 2.24) is 4.90 Å². The molecular formula is C38H51NO5S. The Labute approximate surface area is 274 Å². The van der Waals surface area contributed by atoms with Gasteiger partial charge in [0.15, 0.2) is 11.5 Å². The SMILES string of the molecule is CCC/C(C)=C/CC/C(C)=C/CSc1ccccc1C(=O)Oc1ccc(/C=C/C(=O)OCCCCN2CCCCC2)cc1OC. The number of likely N-dealkylation sites (tertiary alicyclic amines) is 1. The summed E-state index contributed by atoms with van der Waals surface area (Å²) >= 11 is 1.62. The third kappa shape index (κ3) is 13.7. The van der Waals surface area contributed by atoms with Crippen LogP contribution in [-0.4, -0.2) is 55.9 Å². The maximum atomic E-state index is 13.2. The number of hydrogen-bond acceptors (Lipinski definition) is 7. The van der Waals surface area contributed by atoms with E-state index in [4.69, 9.17) is 14.2 Å². The van der Waals surface area contributed by atoms with Crippen molar-refractivity contribution in [2.45, 2.75) is 83.5 Å². The number of ether oxygens (including phenoxy) is 3. The summed E-state index contributed by atoms with van der Waals surface area (Å²) in [6, 6.07) is 12.7. The first-order valence-electron chi connectivity index (χ1n) is 16.4. The van der Waals surface area contributed by atoms with Crippen LogP contribution in [0.15, 0.2) is 76.7 Å². The molecule has 0 atom stereocenters. The molecule has 0 aromatic heterocycles. The first-order chi connectivity index (χ1) is 21.9. The van der Waals surface area contributed by atoms with Gasteiger partial charge in [-0.1, -0.05) is 61.3 Å². The van der Waals surface area contributed by atoms with Gasteiger partial charge >= 0.3 is 11.9 Å². The molecule has 244 valence electrons. The van der Waals surface area contributed by atoms with Crippen molar-refractivity contribution in [2.75, 3.05) is 39.1 Å². The smallest absolute Gasteiger partial charge is 0.344 e. The van der Waals surface area contributed by atoms with Crippen LogP contribution in [0.3, 0.4) is 0 Å². The van der Waals surface area contributed by atoms with Crippen LogP contribution in [0.2, 0.25) is 0 Å². The second kappa shape index (κ2) is 20.7. The highest BCUT2D eigenvalue weighted by molar-refractivity contribution is 7.99. The summed E-state index contributed by atoms with van der Waals surface area (Å²) in [7, 11) is 1.53. The summed E-state index contributed by atoms with van der Waals surface area (Å²) < 4.78 is 16.6. The predicted octanol–water partition coefficient (Wildman–Crippen LogP) is 9.30. The summed E-state index contributed by atoms with van der Waals surface area (Å²) in [5.74, 6) is 0.682. The van der Waals surface area contributed by atoms with Gasteiger partial charge in [0.2, 0.25) is 0 Å². The molecule has 1 saturated heterocycles. The number of allylic oxidation sites excluding steroid dienone is 3. The average molecular weight is 634 g/mol. The number of piperidine rings is 1. The Kier molecular flexibility index (Phi) is 16.6. The molecule has 1 aliphatic heterocycles. The van der Waals surface area contributed by atoms with Crippen LogP contribution in [0.4, 0.5) is 0 Å². The fourth-order valence-corrected chi connectivity index (χ4v) is 6.24. The molecule has 0 aliphatic carbocycles. The van der Waals surface area contributed by atoms with Crippen molar-refractivity contribution >= 4 is 29.8 Å². The molecular weight excluding hydrogens is 582 g/mol. The number of nitrogens with zero attached hydrogens (tertiary/aromatic N) is 1. The van der Waals surface area contributed by atoms with Gasteiger partial charge in [0.05, 0.1) is 19.3 Å². The van der Waals surface area contributed by atoms with Gasteiger partial charge < -0.3 is 19.1 Å². The molecule has 0 radical (unpaired) electrons. The summed E-state index contributed by atoms with van der Waals surface area (Å²) in [4.78, 5) is 28.8. The van der Waals surface area contributed by atoms with Gasteiger partial charge in [-0.05, 0) is 114 Å². The van der Waals surface area contributed by atoms with E-state index in [1.807, 2.05) is 18.2 Å².